The number of aromatic nitrogens is 1. The van der Waals surface area contributed by atoms with Crippen LogP contribution in [0.25, 0.3) is 0 Å². The van der Waals surface area contributed by atoms with E-state index in [0.717, 1.165) is 31.6 Å². The van der Waals surface area contributed by atoms with Crippen molar-refractivity contribution in [1.82, 2.24) is 10.3 Å². The normalized spacial score (nSPS) is 15.6. The van der Waals surface area contributed by atoms with Crippen molar-refractivity contribution in [3.8, 4) is 5.75 Å². The summed E-state index contributed by atoms with van der Waals surface area (Å²) in [6.07, 6.45) is 2.29. The molecule has 0 saturated carbocycles. The Bertz CT molecular complexity index is 633. The molecule has 1 fully saturated rings. The number of nitrogens with zero attached hydrogens (tertiary/aromatic N) is 1. The molecule has 2 aromatic rings. The van der Waals surface area contributed by atoms with Crippen LogP contribution in [-0.4, -0.2) is 29.1 Å². The fraction of sp³-hybridized carbons (Fsp3) is 0.375. The summed E-state index contributed by atoms with van der Waals surface area (Å²) in [6.45, 7) is 2.53. The number of piperidine rings is 1. The van der Waals surface area contributed by atoms with Crippen LogP contribution in [0.3, 0.4) is 0 Å². The van der Waals surface area contributed by atoms with Gasteiger partial charge >= 0.3 is 5.97 Å². The number of ether oxygens (including phenoxy) is 1. The topological polar surface area (TPSA) is 71.5 Å². The van der Waals surface area contributed by atoms with E-state index in [-0.39, 0.29) is 5.56 Å². The first kappa shape index (κ1) is 15.0. The maximum Gasteiger partial charge on any atom is 0.335 e. The summed E-state index contributed by atoms with van der Waals surface area (Å²) in [6, 6.07) is 6.42. The molecule has 0 bridgehead atoms. The molecule has 1 aliphatic heterocycles. The number of carboxylic acids is 1. The minimum absolute atomic E-state index is 0.259. The Morgan fingerprint density at radius 3 is 2.73 bits per heavy atom. The molecule has 116 valence electrons. The first-order valence-electron chi connectivity index (χ1n) is 7.33. The van der Waals surface area contributed by atoms with Gasteiger partial charge < -0.3 is 15.2 Å². The highest BCUT2D eigenvalue weighted by Crippen LogP contribution is 2.28. The minimum atomic E-state index is -0.933. The fourth-order valence-corrected chi connectivity index (χ4v) is 3.47. The van der Waals surface area contributed by atoms with Crippen LogP contribution in [0, 0.1) is 0 Å². The molecule has 0 unspecified atom stereocenters. The number of aromatic carboxylic acids is 1. The summed E-state index contributed by atoms with van der Waals surface area (Å²) in [7, 11) is 0. The number of benzene rings is 1. The number of hydrogen-bond donors (Lipinski definition) is 2. The molecule has 5 nitrogen and oxygen atoms in total. The number of carboxylic acid groups (broad SMARTS) is 1. The largest absolute Gasteiger partial charge is 0.487 e. The second-order valence-electron chi connectivity index (χ2n) is 5.32. The van der Waals surface area contributed by atoms with E-state index in [1.807, 2.05) is 5.38 Å². The third-order valence-corrected chi connectivity index (χ3v) is 4.80. The van der Waals surface area contributed by atoms with E-state index in [9.17, 15) is 4.79 Å². The zero-order valence-electron chi connectivity index (χ0n) is 12.1. The van der Waals surface area contributed by atoms with Gasteiger partial charge in [0.15, 0.2) is 0 Å². The predicted molar refractivity (Wildman–Crippen MR) is 84.7 cm³/mol. The zero-order valence-corrected chi connectivity index (χ0v) is 12.9. The van der Waals surface area contributed by atoms with Crippen LogP contribution in [0.5, 0.6) is 5.75 Å². The third-order valence-electron chi connectivity index (χ3n) is 3.75. The molecule has 0 amide bonds. The van der Waals surface area contributed by atoms with Crippen molar-refractivity contribution in [2.24, 2.45) is 0 Å². The van der Waals surface area contributed by atoms with Crippen molar-refractivity contribution >= 4 is 17.3 Å². The molecule has 0 aliphatic carbocycles. The molecular formula is C16H18N2O3S. The Labute approximate surface area is 133 Å². The maximum absolute atomic E-state index is 10.8. The molecule has 0 atom stereocenters. The summed E-state index contributed by atoms with van der Waals surface area (Å²) in [5.41, 5.74) is 1.19. The Balaban J connectivity index is 1.57. The van der Waals surface area contributed by atoms with Crippen molar-refractivity contribution in [1.29, 1.82) is 0 Å². The molecule has 22 heavy (non-hydrogen) atoms. The van der Waals surface area contributed by atoms with Crippen LogP contribution < -0.4 is 10.1 Å². The van der Waals surface area contributed by atoms with Gasteiger partial charge in [-0.15, -0.1) is 11.3 Å². The van der Waals surface area contributed by atoms with Crippen molar-refractivity contribution in [2.45, 2.75) is 25.4 Å². The number of nitrogens with one attached hydrogen (secondary N) is 1. The van der Waals surface area contributed by atoms with Gasteiger partial charge in [-0.3, -0.25) is 0 Å². The van der Waals surface area contributed by atoms with E-state index >= 15 is 0 Å². The number of hydrogen-bond acceptors (Lipinski definition) is 5. The minimum Gasteiger partial charge on any atom is -0.487 e. The molecule has 1 aliphatic rings. The van der Waals surface area contributed by atoms with E-state index in [1.54, 1.807) is 35.6 Å². The highest BCUT2D eigenvalue weighted by molar-refractivity contribution is 7.09. The van der Waals surface area contributed by atoms with Crippen LogP contribution in [-0.2, 0) is 6.61 Å². The standard InChI is InChI=1S/C16H18N2O3S/c19-16(20)12-1-3-14(4-2-12)21-9-13-10-22-15(18-13)11-5-7-17-8-6-11/h1-4,10-11,17H,5-9H2,(H,19,20). The highest BCUT2D eigenvalue weighted by atomic mass is 32.1. The van der Waals surface area contributed by atoms with Crippen molar-refractivity contribution in [3.63, 3.8) is 0 Å². The second kappa shape index (κ2) is 6.89. The highest BCUT2D eigenvalue weighted by Gasteiger charge is 2.18. The molecule has 1 saturated heterocycles. The first-order valence-corrected chi connectivity index (χ1v) is 8.21. The zero-order chi connectivity index (χ0) is 15.4. The molecule has 1 aromatic heterocycles. The monoisotopic (exact) mass is 318 g/mol. The summed E-state index contributed by atoms with van der Waals surface area (Å²) in [5.74, 6) is 0.286. The number of rotatable bonds is 5. The summed E-state index contributed by atoms with van der Waals surface area (Å²) in [5, 5.41) is 15.5. The SMILES string of the molecule is O=C(O)c1ccc(OCc2csc(C3CCNCC3)n2)cc1. The lowest BCUT2D eigenvalue weighted by molar-refractivity contribution is 0.0697. The molecule has 1 aromatic carbocycles. The Morgan fingerprint density at radius 2 is 2.05 bits per heavy atom. The van der Waals surface area contributed by atoms with Gasteiger partial charge in [-0.1, -0.05) is 0 Å². The summed E-state index contributed by atoms with van der Waals surface area (Å²) in [4.78, 5) is 15.5. The summed E-state index contributed by atoms with van der Waals surface area (Å²) >= 11 is 1.70. The van der Waals surface area contributed by atoms with Gasteiger partial charge in [0.1, 0.15) is 12.4 Å². The van der Waals surface area contributed by atoms with E-state index in [4.69, 9.17) is 9.84 Å². The van der Waals surface area contributed by atoms with Crippen LogP contribution >= 0.6 is 11.3 Å². The van der Waals surface area contributed by atoms with Gasteiger partial charge in [0, 0.05) is 11.3 Å². The van der Waals surface area contributed by atoms with E-state index < -0.39 is 5.97 Å². The average Bonchev–Trinajstić information content (AvgIpc) is 3.03. The molecule has 0 radical (unpaired) electrons. The van der Waals surface area contributed by atoms with Gasteiger partial charge in [-0.05, 0) is 50.2 Å². The van der Waals surface area contributed by atoms with Crippen molar-refractivity contribution in [2.75, 3.05) is 13.1 Å². The maximum atomic E-state index is 10.8. The smallest absolute Gasteiger partial charge is 0.335 e. The van der Waals surface area contributed by atoms with Gasteiger partial charge in [-0.25, -0.2) is 9.78 Å². The van der Waals surface area contributed by atoms with Gasteiger partial charge in [0.2, 0.25) is 0 Å². The lowest BCUT2D eigenvalue weighted by Gasteiger charge is -2.20. The van der Waals surface area contributed by atoms with Crippen LogP contribution in [0.4, 0.5) is 0 Å². The van der Waals surface area contributed by atoms with Gasteiger partial charge in [0.25, 0.3) is 0 Å². The predicted octanol–water partition coefficient (Wildman–Crippen LogP) is 2.89. The lowest BCUT2D eigenvalue weighted by atomic mass is 9.99. The number of thiazole rings is 1. The van der Waals surface area contributed by atoms with Crippen LogP contribution in [0.15, 0.2) is 29.6 Å². The third kappa shape index (κ3) is 3.64. The van der Waals surface area contributed by atoms with Crippen molar-refractivity contribution < 1.29 is 14.6 Å². The first-order chi connectivity index (χ1) is 10.7. The molecule has 3 rings (SSSR count). The van der Waals surface area contributed by atoms with Crippen LogP contribution in [0.2, 0.25) is 0 Å². The van der Waals surface area contributed by atoms with Crippen molar-refractivity contribution in [3.05, 3.63) is 45.9 Å². The fourth-order valence-electron chi connectivity index (χ4n) is 2.50. The molecule has 0 spiro atoms. The van der Waals surface area contributed by atoms with E-state index in [1.165, 1.54) is 5.01 Å². The molecule has 2 heterocycles. The van der Waals surface area contributed by atoms with E-state index in [0.29, 0.717) is 18.3 Å². The lowest BCUT2D eigenvalue weighted by Crippen LogP contribution is -2.26. The average molecular weight is 318 g/mol. The molecular weight excluding hydrogens is 300 g/mol. The Kier molecular flexibility index (Phi) is 4.70. The van der Waals surface area contributed by atoms with Gasteiger partial charge in [0.05, 0.1) is 16.3 Å². The summed E-state index contributed by atoms with van der Waals surface area (Å²) < 4.78 is 5.67. The Morgan fingerprint density at radius 1 is 1.32 bits per heavy atom. The molecule has 2 N–H and O–H groups in total. The van der Waals surface area contributed by atoms with Gasteiger partial charge in [-0.2, -0.15) is 0 Å². The molecule has 6 heteroatoms. The second-order valence-corrected chi connectivity index (χ2v) is 6.21. The van der Waals surface area contributed by atoms with E-state index in [2.05, 4.69) is 10.3 Å². The number of carbonyl (C=O) groups is 1. The quantitative estimate of drug-likeness (QED) is 0.887. The van der Waals surface area contributed by atoms with Crippen LogP contribution in [0.1, 0.15) is 39.8 Å². The Hall–Kier alpha value is -1.92.